The van der Waals surface area contributed by atoms with Crippen molar-refractivity contribution in [3.63, 3.8) is 0 Å². The molecule has 0 atom stereocenters. The Bertz CT molecular complexity index is 426. The molecule has 1 rings (SSSR count). The number of carbonyl (C=O) groups is 2. The molecule has 0 unspecified atom stereocenters. The van der Waals surface area contributed by atoms with Crippen molar-refractivity contribution >= 4 is 23.8 Å². The van der Waals surface area contributed by atoms with E-state index in [1.165, 1.54) is 19.4 Å². The van der Waals surface area contributed by atoms with Crippen LogP contribution in [0.15, 0.2) is 24.4 Å². The molecule has 1 aromatic rings. The third kappa shape index (κ3) is 4.78. The summed E-state index contributed by atoms with van der Waals surface area (Å²) in [4.78, 5) is 25.1. The van der Waals surface area contributed by atoms with Gasteiger partial charge in [0.15, 0.2) is 0 Å². The number of nitrogens with zero attached hydrogens (tertiary/aromatic N) is 1. The zero-order chi connectivity index (χ0) is 12.7. The first kappa shape index (κ1) is 12.7. The first-order valence-corrected chi connectivity index (χ1v) is 4.79. The summed E-state index contributed by atoms with van der Waals surface area (Å²) in [5.74, 6) is -0.887. The molecule has 1 aromatic heterocycles. The zero-order valence-corrected chi connectivity index (χ0v) is 9.21. The molecule has 0 aliphatic rings. The van der Waals surface area contributed by atoms with Gasteiger partial charge in [0.05, 0.1) is 7.11 Å². The Morgan fingerprint density at radius 3 is 2.82 bits per heavy atom. The summed E-state index contributed by atoms with van der Waals surface area (Å²) in [5, 5.41) is 11.2. The quantitative estimate of drug-likeness (QED) is 0.579. The summed E-state index contributed by atoms with van der Waals surface area (Å²) in [6.07, 6.45) is 3.96. The normalized spacial score (nSPS) is 10.2. The molecule has 0 aliphatic heterocycles. The highest BCUT2D eigenvalue weighted by atomic mass is 16.5. The maximum absolute atomic E-state index is 10.8. The van der Waals surface area contributed by atoms with Gasteiger partial charge in [0.2, 0.25) is 0 Å². The molecule has 0 saturated carbocycles. The van der Waals surface area contributed by atoms with Gasteiger partial charge in [-0.3, -0.25) is 4.79 Å². The number of carbonyl (C=O) groups excluding carboxylic acids is 1. The second-order valence-electron chi connectivity index (χ2n) is 3.08. The van der Waals surface area contributed by atoms with Crippen molar-refractivity contribution in [2.24, 2.45) is 0 Å². The highest BCUT2D eigenvalue weighted by Crippen LogP contribution is 2.06. The Balaban J connectivity index is 2.56. The molecule has 0 aliphatic carbocycles. The SMILES string of the molecule is COC(=O)CNc1ccc(C=CC(=O)O)cn1. The fraction of sp³-hybridized carbons (Fsp3) is 0.182. The highest BCUT2D eigenvalue weighted by molar-refractivity contribution is 5.85. The summed E-state index contributed by atoms with van der Waals surface area (Å²) >= 11 is 0. The van der Waals surface area contributed by atoms with Crippen molar-refractivity contribution in [1.82, 2.24) is 4.98 Å². The number of methoxy groups -OCH3 is 1. The van der Waals surface area contributed by atoms with Crippen LogP contribution in [0.25, 0.3) is 6.08 Å². The molecule has 90 valence electrons. The van der Waals surface area contributed by atoms with Crippen molar-refractivity contribution in [3.05, 3.63) is 30.0 Å². The molecule has 0 aromatic carbocycles. The van der Waals surface area contributed by atoms with Gasteiger partial charge in [0, 0.05) is 12.3 Å². The van der Waals surface area contributed by atoms with Gasteiger partial charge in [0.25, 0.3) is 0 Å². The molecule has 1 heterocycles. The Labute approximate surface area is 97.9 Å². The number of anilines is 1. The van der Waals surface area contributed by atoms with Gasteiger partial charge in [-0.05, 0) is 23.8 Å². The molecular weight excluding hydrogens is 224 g/mol. The number of carboxylic acids is 1. The number of rotatable bonds is 5. The first-order chi connectivity index (χ1) is 8.11. The number of carboxylic acid groups (broad SMARTS) is 1. The van der Waals surface area contributed by atoms with E-state index in [0.29, 0.717) is 11.4 Å². The minimum atomic E-state index is -1.02. The van der Waals surface area contributed by atoms with E-state index in [0.717, 1.165) is 6.08 Å². The number of hydrogen-bond acceptors (Lipinski definition) is 5. The minimum Gasteiger partial charge on any atom is -0.478 e. The molecule has 0 spiro atoms. The standard InChI is InChI=1S/C11H12N2O4/c1-17-11(16)7-13-9-4-2-8(6-12-9)3-5-10(14)15/h2-6H,7H2,1H3,(H,12,13)(H,14,15). The van der Waals surface area contributed by atoms with E-state index in [-0.39, 0.29) is 12.5 Å². The smallest absolute Gasteiger partial charge is 0.328 e. The van der Waals surface area contributed by atoms with E-state index >= 15 is 0 Å². The average Bonchev–Trinajstić information content (AvgIpc) is 2.34. The number of hydrogen-bond donors (Lipinski definition) is 2. The third-order valence-electron chi connectivity index (χ3n) is 1.85. The van der Waals surface area contributed by atoms with Gasteiger partial charge in [-0.25, -0.2) is 9.78 Å². The Hall–Kier alpha value is -2.37. The van der Waals surface area contributed by atoms with Crippen LogP contribution in [0.4, 0.5) is 5.82 Å². The molecule has 2 N–H and O–H groups in total. The van der Waals surface area contributed by atoms with Gasteiger partial charge in [0.1, 0.15) is 12.4 Å². The Morgan fingerprint density at radius 2 is 2.29 bits per heavy atom. The second-order valence-corrected chi connectivity index (χ2v) is 3.08. The predicted molar refractivity (Wildman–Crippen MR) is 61.4 cm³/mol. The van der Waals surface area contributed by atoms with Crippen LogP contribution < -0.4 is 5.32 Å². The van der Waals surface area contributed by atoms with Crippen molar-refractivity contribution in [1.29, 1.82) is 0 Å². The van der Waals surface area contributed by atoms with Crippen LogP contribution in [-0.2, 0) is 14.3 Å². The van der Waals surface area contributed by atoms with E-state index in [4.69, 9.17) is 5.11 Å². The van der Waals surface area contributed by atoms with E-state index in [1.807, 2.05) is 0 Å². The van der Waals surface area contributed by atoms with Gasteiger partial charge >= 0.3 is 11.9 Å². The van der Waals surface area contributed by atoms with E-state index in [1.54, 1.807) is 12.1 Å². The molecule has 6 nitrogen and oxygen atoms in total. The highest BCUT2D eigenvalue weighted by Gasteiger charge is 2.00. The van der Waals surface area contributed by atoms with Crippen LogP contribution in [0.2, 0.25) is 0 Å². The summed E-state index contributed by atoms with van der Waals surface area (Å²) in [7, 11) is 1.30. The van der Waals surface area contributed by atoms with E-state index in [2.05, 4.69) is 15.0 Å². The van der Waals surface area contributed by atoms with Crippen LogP contribution in [0, 0.1) is 0 Å². The molecule has 0 fully saturated rings. The topological polar surface area (TPSA) is 88.5 Å². The number of ether oxygens (including phenoxy) is 1. The molecule has 0 saturated heterocycles. The van der Waals surface area contributed by atoms with Gasteiger partial charge in [-0.15, -0.1) is 0 Å². The monoisotopic (exact) mass is 236 g/mol. The lowest BCUT2D eigenvalue weighted by Gasteiger charge is -2.03. The van der Waals surface area contributed by atoms with Crippen LogP contribution in [0.3, 0.4) is 0 Å². The summed E-state index contributed by atoms with van der Waals surface area (Å²) in [6.45, 7) is 0.0355. The van der Waals surface area contributed by atoms with Crippen molar-refractivity contribution < 1.29 is 19.4 Å². The van der Waals surface area contributed by atoms with Crippen LogP contribution in [0.1, 0.15) is 5.56 Å². The van der Waals surface area contributed by atoms with Crippen molar-refractivity contribution in [3.8, 4) is 0 Å². The molecular formula is C11H12N2O4. The van der Waals surface area contributed by atoms with Gasteiger partial charge in [-0.2, -0.15) is 0 Å². The number of pyridine rings is 1. The third-order valence-corrected chi connectivity index (χ3v) is 1.85. The lowest BCUT2D eigenvalue weighted by atomic mass is 10.2. The van der Waals surface area contributed by atoms with E-state index < -0.39 is 5.97 Å². The van der Waals surface area contributed by atoms with Gasteiger partial charge < -0.3 is 15.2 Å². The van der Waals surface area contributed by atoms with Crippen LogP contribution in [0.5, 0.6) is 0 Å². The minimum absolute atomic E-state index is 0.0355. The fourth-order valence-corrected chi connectivity index (χ4v) is 1.01. The van der Waals surface area contributed by atoms with Gasteiger partial charge in [-0.1, -0.05) is 0 Å². The molecule has 6 heteroatoms. The van der Waals surface area contributed by atoms with Crippen molar-refractivity contribution in [2.45, 2.75) is 0 Å². The lowest BCUT2D eigenvalue weighted by Crippen LogP contribution is -2.15. The fourth-order valence-electron chi connectivity index (χ4n) is 1.01. The maximum atomic E-state index is 10.8. The van der Waals surface area contributed by atoms with E-state index in [9.17, 15) is 9.59 Å². The summed E-state index contributed by atoms with van der Waals surface area (Å²) in [5.41, 5.74) is 0.663. The van der Waals surface area contributed by atoms with Crippen molar-refractivity contribution in [2.75, 3.05) is 19.0 Å². The largest absolute Gasteiger partial charge is 0.478 e. The number of nitrogens with one attached hydrogen (secondary N) is 1. The number of aliphatic carboxylic acids is 1. The Kier molecular flexibility index (Phi) is 4.68. The van der Waals surface area contributed by atoms with Crippen LogP contribution >= 0.6 is 0 Å². The number of esters is 1. The number of aromatic nitrogens is 1. The molecule has 17 heavy (non-hydrogen) atoms. The average molecular weight is 236 g/mol. The second kappa shape index (κ2) is 6.26. The lowest BCUT2D eigenvalue weighted by molar-refractivity contribution is -0.138. The summed E-state index contributed by atoms with van der Waals surface area (Å²) < 4.78 is 4.45. The summed E-state index contributed by atoms with van der Waals surface area (Å²) in [6, 6.07) is 3.33. The van der Waals surface area contributed by atoms with Crippen LogP contribution in [-0.4, -0.2) is 35.7 Å². The first-order valence-electron chi connectivity index (χ1n) is 4.79. The molecule has 0 bridgehead atoms. The predicted octanol–water partition coefficient (Wildman–Crippen LogP) is 0.764. The Morgan fingerprint density at radius 1 is 1.53 bits per heavy atom. The molecule has 0 amide bonds. The maximum Gasteiger partial charge on any atom is 0.328 e. The molecule has 0 radical (unpaired) electrons. The zero-order valence-electron chi connectivity index (χ0n) is 9.21.